The Labute approximate surface area is 421 Å². The van der Waals surface area contributed by atoms with Gasteiger partial charge in [0.15, 0.2) is 0 Å². The van der Waals surface area contributed by atoms with Gasteiger partial charge in [-0.2, -0.15) is 0 Å². The van der Waals surface area contributed by atoms with Crippen LogP contribution >= 0.6 is 23.4 Å². The first-order valence-corrected chi connectivity index (χ1v) is 26.3. The number of nitro groups is 1. The maximum Gasteiger partial charge on any atom is 0.410 e. The summed E-state index contributed by atoms with van der Waals surface area (Å²) in [7, 11) is -0.552. The number of nitro benzene ring substituents is 1. The molecule has 5 aromatic rings. The number of benzene rings is 5. The highest BCUT2D eigenvalue weighted by Crippen LogP contribution is 2.32. The zero-order valence-electron chi connectivity index (χ0n) is 40.5. The van der Waals surface area contributed by atoms with E-state index in [0.717, 1.165) is 86.7 Å². The van der Waals surface area contributed by atoms with Crippen molar-refractivity contribution in [3.63, 3.8) is 0 Å². The molecule has 2 aliphatic rings. The van der Waals surface area contributed by atoms with Crippen LogP contribution in [0.1, 0.15) is 48.7 Å². The SMILES string of the molecule is CN(C)CCC(CSc1ccccc1)Nc1ccc(S(=O)(=O)NC(=O)c2ccc(N3CCN(Cc4cc(CN5CCN(C(=O)OC(C)(C)C)CC5)ccc4-c4ccc(Cl)cc4)CC3)cc2)cc1[N+](=O)[O-]. The number of halogens is 1. The molecule has 0 aliphatic carbocycles. The summed E-state index contributed by atoms with van der Waals surface area (Å²) in [6, 6.07) is 34.7. The predicted molar refractivity (Wildman–Crippen MR) is 279 cm³/mol. The average molecular weight is 1010 g/mol. The molecule has 1 unspecified atom stereocenters. The Balaban J connectivity index is 0.952. The van der Waals surface area contributed by atoms with Gasteiger partial charge < -0.3 is 24.8 Å². The zero-order chi connectivity index (χ0) is 50.0. The number of amides is 2. The molecule has 15 nitrogen and oxygen atoms in total. The lowest BCUT2D eigenvalue weighted by molar-refractivity contribution is -0.384. The molecular weight excluding hydrogens is 948 g/mol. The minimum Gasteiger partial charge on any atom is -0.444 e. The quantitative estimate of drug-likeness (QED) is 0.0487. The monoisotopic (exact) mass is 1010 g/mol. The Kier molecular flexibility index (Phi) is 17.5. The van der Waals surface area contributed by atoms with Crippen LogP contribution in [-0.4, -0.2) is 135 Å². The number of hydrogen-bond donors (Lipinski definition) is 2. The van der Waals surface area contributed by atoms with Gasteiger partial charge in [-0.15, -0.1) is 11.8 Å². The van der Waals surface area contributed by atoms with Crippen molar-refractivity contribution in [2.45, 2.75) is 61.7 Å². The summed E-state index contributed by atoms with van der Waals surface area (Å²) in [5.41, 5.74) is 4.96. The second-order valence-corrected chi connectivity index (χ2v) is 22.2. The third-order valence-corrected chi connectivity index (χ3v) is 15.0. The Morgan fingerprint density at radius 1 is 0.829 bits per heavy atom. The van der Waals surface area contributed by atoms with Crippen LogP contribution in [0.3, 0.4) is 0 Å². The molecule has 372 valence electrons. The van der Waals surface area contributed by atoms with Crippen molar-refractivity contribution in [3.05, 3.63) is 147 Å². The van der Waals surface area contributed by atoms with Crippen molar-refractivity contribution in [2.24, 2.45) is 0 Å². The van der Waals surface area contributed by atoms with Crippen molar-refractivity contribution in [1.29, 1.82) is 0 Å². The fourth-order valence-electron chi connectivity index (χ4n) is 8.43. The van der Waals surface area contributed by atoms with Gasteiger partial charge in [0.05, 0.1) is 9.82 Å². The number of piperazine rings is 2. The first-order chi connectivity index (χ1) is 33.4. The van der Waals surface area contributed by atoms with Gasteiger partial charge in [0.2, 0.25) is 0 Å². The fraction of sp³-hybridized carbons (Fsp3) is 0.385. The van der Waals surface area contributed by atoms with Gasteiger partial charge in [-0.25, -0.2) is 17.9 Å². The Morgan fingerprint density at radius 3 is 2.13 bits per heavy atom. The van der Waals surface area contributed by atoms with Crippen molar-refractivity contribution in [3.8, 4) is 11.1 Å². The van der Waals surface area contributed by atoms with Crippen LogP contribution in [-0.2, 0) is 27.8 Å². The average Bonchev–Trinajstić information content (AvgIpc) is 3.33. The van der Waals surface area contributed by atoms with E-state index in [-0.39, 0.29) is 23.4 Å². The van der Waals surface area contributed by atoms with E-state index in [1.54, 1.807) is 40.9 Å². The van der Waals surface area contributed by atoms with E-state index in [1.165, 1.54) is 23.3 Å². The molecule has 2 saturated heterocycles. The van der Waals surface area contributed by atoms with Crippen LogP contribution in [0.4, 0.5) is 21.9 Å². The molecule has 5 aromatic carbocycles. The van der Waals surface area contributed by atoms with Crippen molar-refractivity contribution >= 4 is 62.4 Å². The number of hydrogen-bond acceptors (Lipinski definition) is 13. The van der Waals surface area contributed by atoms with Gasteiger partial charge in [-0.3, -0.25) is 24.7 Å². The summed E-state index contributed by atoms with van der Waals surface area (Å²) in [5, 5.41) is 16.2. The molecule has 2 fully saturated rings. The topological polar surface area (TPSA) is 161 Å². The standard InChI is InChI=1S/C52H63ClN8O7S2/c1-52(2,3)68-51(63)60-31-27-57(28-32-60)35-38-11-21-47(39-12-16-42(53)17-13-39)41(33-38)36-58-25-29-59(30-26-58)44-18-14-40(15-19-44)50(62)55-70(66,67)46-20-22-48(49(34-46)61(64)65)54-43(23-24-56(4)5)37-69-45-9-7-6-8-10-45/h6-22,33-34,43,54H,23-32,35-37H2,1-5H3,(H,55,62). The number of thioether (sulfide) groups is 1. The Hall–Kier alpha value is -5.69. The zero-order valence-corrected chi connectivity index (χ0v) is 42.9. The number of rotatable bonds is 18. The molecule has 7 rings (SSSR count). The van der Waals surface area contributed by atoms with E-state index in [0.29, 0.717) is 30.3 Å². The van der Waals surface area contributed by atoms with Crippen LogP contribution in [0, 0.1) is 10.1 Å². The number of nitrogens with zero attached hydrogens (tertiary/aromatic N) is 6. The number of sulfonamides is 1. The van der Waals surface area contributed by atoms with Crippen molar-refractivity contribution in [2.75, 3.05) is 89.0 Å². The molecule has 2 N–H and O–H groups in total. The molecule has 70 heavy (non-hydrogen) atoms. The Bertz CT molecular complexity index is 2690. The molecule has 0 saturated carbocycles. The van der Waals surface area contributed by atoms with E-state index in [2.05, 4.69) is 42.9 Å². The Morgan fingerprint density at radius 2 is 1.49 bits per heavy atom. The normalized spacial score (nSPS) is 15.4. The highest BCUT2D eigenvalue weighted by Gasteiger charge is 2.28. The van der Waals surface area contributed by atoms with E-state index < -0.39 is 37.0 Å². The maximum atomic E-state index is 13.5. The van der Waals surface area contributed by atoms with Gasteiger partial charge in [-0.1, -0.05) is 60.1 Å². The maximum absolute atomic E-state index is 13.5. The summed E-state index contributed by atoms with van der Waals surface area (Å²) < 4.78 is 34.7. The fourth-order valence-corrected chi connectivity index (χ4v) is 10.5. The van der Waals surface area contributed by atoms with Crippen LogP contribution in [0.25, 0.3) is 11.1 Å². The van der Waals surface area contributed by atoms with Gasteiger partial charge in [0, 0.05) is 104 Å². The highest BCUT2D eigenvalue weighted by atomic mass is 35.5. The van der Waals surface area contributed by atoms with Crippen LogP contribution in [0.5, 0.6) is 0 Å². The van der Waals surface area contributed by atoms with E-state index in [9.17, 15) is 28.1 Å². The molecule has 2 heterocycles. The first-order valence-electron chi connectivity index (χ1n) is 23.5. The molecule has 1 atom stereocenters. The lowest BCUT2D eigenvalue weighted by Gasteiger charge is -2.37. The minimum absolute atomic E-state index is 0.137. The van der Waals surface area contributed by atoms with E-state index >= 15 is 0 Å². The largest absolute Gasteiger partial charge is 0.444 e. The summed E-state index contributed by atoms with van der Waals surface area (Å²) in [4.78, 5) is 49.2. The summed E-state index contributed by atoms with van der Waals surface area (Å²) >= 11 is 7.90. The third-order valence-electron chi connectivity index (χ3n) is 12.2. The number of ether oxygens (including phenoxy) is 1. The van der Waals surface area contributed by atoms with Crippen LogP contribution < -0.4 is 14.9 Å². The third kappa shape index (κ3) is 14.7. The number of carbonyl (C=O) groups excluding carboxylic acids is 2. The van der Waals surface area contributed by atoms with Crippen molar-refractivity contribution < 1.29 is 27.7 Å². The van der Waals surface area contributed by atoms with Gasteiger partial charge in [-0.05, 0) is 131 Å². The highest BCUT2D eigenvalue weighted by molar-refractivity contribution is 7.99. The second kappa shape index (κ2) is 23.5. The molecule has 0 aromatic heterocycles. The van der Waals surface area contributed by atoms with E-state index in [1.807, 2.05) is 94.4 Å². The summed E-state index contributed by atoms with van der Waals surface area (Å²) in [6.07, 6.45) is 0.423. The molecule has 0 spiro atoms. The van der Waals surface area contributed by atoms with Crippen LogP contribution in [0.2, 0.25) is 5.02 Å². The minimum atomic E-state index is -4.47. The van der Waals surface area contributed by atoms with Gasteiger partial charge in [0.1, 0.15) is 11.3 Å². The number of anilines is 2. The number of nitrogens with one attached hydrogen (secondary N) is 2. The smallest absolute Gasteiger partial charge is 0.410 e. The first kappa shape index (κ1) is 52.1. The predicted octanol–water partition coefficient (Wildman–Crippen LogP) is 8.93. The summed E-state index contributed by atoms with van der Waals surface area (Å²) in [5.74, 6) is -0.214. The van der Waals surface area contributed by atoms with E-state index in [4.69, 9.17) is 16.3 Å². The van der Waals surface area contributed by atoms with Crippen molar-refractivity contribution in [1.82, 2.24) is 24.3 Å². The second-order valence-electron chi connectivity index (χ2n) is 19.0. The number of carbonyl (C=O) groups is 2. The summed E-state index contributed by atoms with van der Waals surface area (Å²) in [6.45, 7) is 13.7. The molecular formula is C52H63ClN8O7S2. The molecule has 2 amide bonds. The molecule has 18 heteroatoms. The van der Waals surface area contributed by atoms with Gasteiger partial charge in [0.25, 0.3) is 21.6 Å². The molecule has 0 bridgehead atoms. The lowest BCUT2D eigenvalue weighted by Crippen LogP contribution is -2.49. The van der Waals surface area contributed by atoms with Gasteiger partial charge >= 0.3 is 6.09 Å². The molecule has 0 radical (unpaired) electrons. The van der Waals surface area contributed by atoms with Crippen LogP contribution in [0.15, 0.2) is 125 Å². The lowest BCUT2D eigenvalue weighted by atomic mass is 9.96. The molecule has 2 aliphatic heterocycles.